The number of allylic oxidation sites excluding steroid dienone is 4. The van der Waals surface area contributed by atoms with Gasteiger partial charge < -0.3 is 9.47 Å². The van der Waals surface area contributed by atoms with E-state index in [1.54, 1.807) is 6.08 Å². The molecule has 0 radical (unpaired) electrons. The number of ether oxygens (including phenoxy) is 2. The van der Waals surface area contributed by atoms with Crippen molar-refractivity contribution in [3.05, 3.63) is 48.1 Å². The van der Waals surface area contributed by atoms with E-state index in [1.165, 1.54) is 0 Å². The fourth-order valence-electron chi connectivity index (χ4n) is 2.23. The molecule has 19 heavy (non-hydrogen) atoms. The fraction of sp³-hybridized carbons (Fsp3) is 0.529. The third-order valence-electron chi connectivity index (χ3n) is 3.13. The third kappa shape index (κ3) is 4.19. The minimum Gasteiger partial charge on any atom is -0.340 e. The van der Waals surface area contributed by atoms with Gasteiger partial charge in [0.2, 0.25) is 0 Å². The predicted molar refractivity (Wildman–Crippen MR) is 81.0 cm³/mol. The predicted octanol–water partition coefficient (Wildman–Crippen LogP) is 4.55. The first-order valence-corrected chi connectivity index (χ1v) is 6.92. The van der Waals surface area contributed by atoms with E-state index >= 15 is 0 Å². The average Bonchev–Trinajstić information content (AvgIpc) is 2.67. The summed E-state index contributed by atoms with van der Waals surface area (Å²) in [6.45, 7) is 13.9. The lowest BCUT2D eigenvalue weighted by Gasteiger charge is -2.18. The molecule has 1 saturated heterocycles. The van der Waals surface area contributed by atoms with E-state index in [9.17, 15) is 0 Å². The van der Waals surface area contributed by atoms with Crippen molar-refractivity contribution in [2.45, 2.75) is 59.0 Å². The van der Waals surface area contributed by atoms with Gasteiger partial charge in [0.1, 0.15) is 12.2 Å². The Kier molecular flexibility index (Phi) is 5.77. The van der Waals surface area contributed by atoms with Crippen molar-refractivity contribution >= 4 is 0 Å². The smallest absolute Gasteiger partial charge is 0.164 e. The van der Waals surface area contributed by atoms with Gasteiger partial charge in [0.25, 0.3) is 0 Å². The van der Waals surface area contributed by atoms with Crippen molar-refractivity contribution in [2.24, 2.45) is 0 Å². The second-order valence-electron chi connectivity index (χ2n) is 5.22. The summed E-state index contributed by atoms with van der Waals surface area (Å²) < 4.78 is 12.1. The van der Waals surface area contributed by atoms with E-state index in [-0.39, 0.29) is 12.2 Å². The van der Waals surface area contributed by atoms with Crippen LogP contribution in [0.5, 0.6) is 0 Å². The van der Waals surface area contributed by atoms with Crippen molar-refractivity contribution < 1.29 is 9.47 Å². The van der Waals surface area contributed by atoms with E-state index < -0.39 is 5.79 Å². The minimum absolute atomic E-state index is 0.0549. The zero-order valence-electron chi connectivity index (χ0n) is 12.8. The largest absolute Gasteiger partial charge is 0.340 e. The highest BCUT2D eigenvalue weighted by atomic mass is 16.7. The minimum atomic E-state index is -0.556. The molecule has 0 amide bonds. The first-order chi connectivity index (χ1) is 8.95. The molecule has 0 aromatic carbocycles. The van der Waals surface area contributed by atoms with Gasteiger partial charge in [0.15, 0.2) is 5.79 Å². The Morgan fingerprint density at radius 3 is 2.42 bits per heavy atom. The summed E-state index contributed by atoms with van der Waals surface area (Å²) in [6, 6.07) is 0. The van der Waals surface area contributed by atoms with Crippen molar-refractivity contribution in [2.75, 3.05) is 0 Å². The van der Waals surface area contributed by atoms with Gasteiger partial charge in [-0.25, -0.2) is 0 Å². The Labute approximate surface area is 117 Å². The van der Waals surface area contributed by atoms with Gasteiger partial charge in [-0.1, -0.05) is 43.9 Å². The molecular formula is C17H26O2. The Balaban J connectivity index is 3.04. The summed E-state index contributed by atoms with van der Waals surface area (Å²) in [5.41, 5.74) is 2.30. The lowest BCUT2D eigenvalue weighted by Crippen LogP contribution is -2.25. The molecule has 1 aliphatic rings. The van der Waals surface area contributed by atoms with E-state index in [0.717, 1.165) is 17.6 Å². The van der Waals surface area contributed by atoms with Gasteiger partial charge in [0, 0.05) is 0 Å². The van der Waals surface area contributed by atoms with Gasteiger partial charge in [-0.15, -0.1) is 0 Å². The van der Waals surface area contributed by atoms with Gasteiger partial charge in [-0.05, 0) is 45.3 Å². The van der Waals surface area contributed by atoms with Crippen LogP contribution in [0.15, 0.2) is 48.1 Å². The normalized spacial score (nSPS) is 28.1. The summed E-state index contributed by atoms with van der Waals surface area (Å²) in [5.74, 6) is -0.556. The van der Waals surface area contributed by atoms with E-state index in [4.69, 9.17) is 9.47 Å². The molecule has 2 heteroatoms. The van der Waals surface area contributed by atoms with Crippen LogP contribution in [-0.2, 0) is 9.47 Å². The van der Waals surface area contributed by atoms with Gasteiger partial charge in [-0.3, -0.25) is 0 Å². The van der Waals surface area contributed by atoms with Crippen LogP contribution in [0.3, 0.4) is 0 Å². The van der Waals surface area contributed by atoms with Crippen LogP contribution in [0.4, 0.5) is 0 Å². The summed E-state index contributed by atoms with van der Waals surface area (Å²) >= 11 is 0. The number of hydrogen-bond acceptors (Lipinski definition) is 2. The molecule has 1 heterocycles. The molecule has 0 aromatic heterocycles. The lowest BCUT2D eigenvalue weighted by molar-refractivity contribution is -0.140. The van der Waals surface area contributed by atoms with Crippen molar-refractivity contribution in [3.63, 3.8) is 0 Å². The average molecular weight is 262 g/mol. The van der Waals surface area contributed by atoms with Crippen molar-refractivity contribution in [3.8, 4) is 0 Å². The fourth-order valence-corrected chi connectivity index (χ4v) is 2.23. The molecule has 0 unspecified atom stereocenters. The second-order valence-corrected chi connectivity index (χ2v) is 5.22. The standard InChI is InChI=1S/C17H26O2/c1-7-10-12-14(9-3)16-15(13(4)11-8-2)18-17(5,6)19-16/h8-12,15-16H,2,7H2,1,3-6H3/b12-10-,13-11+,14-9+/t15-,16+/m1/s1. The van der Waals surface area contributed by atoms with Crippen LogP contribution < -0.4 is 0 Å². The van der Waals surface area contributed by atoms with Crippen LogP contribution in [-0.4, -0.2) is 18.0 Å². The molecule has 2 nitrogen and oxygen atoms in total. The SMILES string of the molecule is C=C/C=C(\C)[C@H]1OC(C)(C)O[C@H]1C(/C=C\CC)=C/C. The second kappa shape index (κ2) is 6.88. The molecule has 0 aliphatic carbocycles. The van der Waals surface area contributed by atoms with Gasteiger partial charge in [0.05, 0.1) is 0 Å². The van der Waals surface area contributed by atoms with Crippen LogP contribution in [0.2, 0.25) is 0 Å². The molecule has 1 rings (SSSR count). The monoisotopic (exact) mass is 262 g/mol. The first kappa shape index (κ1) is 15.9. The van der Waals surface area contributed by atoms with Gasteiger partial charge >= 0.3 is 0 Å². The Bertz CT molecular complexity index is 399. The quantitative estimate of drug-likeness (QED) is 0.677. The topological polar surface area (TPSA) is 18.5 Å². The molecule has 0 saturated carbocycles. The van der Waals surface area contributed by atoms with Crippen molar-refractivity contribution in [1.29, 1.82) is 0 Å². The molecule has 0 spiro atoms. The Morgan fingerprint density at radius 2 is 1.89 bits per heavy atom. The number of rotatable bonds is 5. The maximum atomic E-state index is 6.06. The van der Waals surface area contributed by atoms with Crippen LogP contribution >= 0.6 is 0 Å². The van der Waals surface area contributed by atoms with E-state index in [2.05, 4.69) is 38.7 Å². The summed E-state index contributed by atoms with van der Waals surface area (Å²) in [6.07, 6.45) is 11.0. The van der Waals surface area contributed by atoms with Crippen LogP contribution in [0.25, 0.3) is 0 Å². The lowest BCUT2D eigenvalue weighted by atomic mass is 9.98. The maximum Gasteiger partial charge on any atom is 0.164 e. The van der Waals surface area contributed by atoms with E-state index in [0.29, 0.717) is 0 Å². The zero-order valence-corrected chi connectivity index (χ0v) is 12.8. The molecule has 1 fully saturated rings. The molecular weight excluding hydrogens is 236 g/mol. The summed E-state index contributed by atoms with van der Waals surface area (Å²) in [7, 11) is 0. The van der Waals surface area contributed by atoms with Crippen LogP contribution in [0, 0.1) is 0 Å². The highest BCUT2D eigenvalue weighted by Crippen LogP contribution is 2.35. The highest BCUT2D eigenvalue weighted by Gasteiger charge is 2.42. The summed E-state index contributed by atoms with van der Waals surface area (Å²) in [5, 5.41) is 0. The molecule has 106 valence electrons. The zero-order chi connectivity index (χ0) is 14.5. The highest BCUT2D eigenvalue weighted by molar-refractivity contribution is 5.30. The molecule has 0 N–H and O–H groups in total. The Hall–Kier alpha value is -1.12. The maximum absolute atomic E-state index is 6.06. The molecule has 1 aliphatic heterocycles. The molecule has 0 aromatic rings. The molecule has 0 bridgehead atoms. The van der Waals surface area contributed by atoms with Crippen molar-refractivity contribution in [1.82, 2.24) is 0 Å². The Morgan fingerprint density at radius 1 is 1.26 bits per heavy atom. The van der Waals surface area contributed by atoms with Gasteiger partial charge in [-0.2, -0.15) is 0 Å². The van der Waals surface area contributed by atoms with Crippen LogP contribution in [0.1, 0.15) is 41.0 Å². The third-order valence-corrected chi connectivity index (χ3v) is 3.13. The molecule has 2 atom stereocenters. The summed E-state index contributed by atoms with van der Waals surface area (Å²) in [4.78, 5) is 0. The van der Waals surface area contributed by atoms with E-state index in [1.807, 2.05) is 26.8 Å². The number of hydrogen-bond donors (Lipinski definition) is 0. The first-order valence-electron chi connectivity index (χ1n) is 6.92.